The summed E-state index contributed by atoms with van der Waals surface area (Å²) in [6.07, 6.45) is 0.816. The Labute approximate surface area is 236 Å². The van der Waals surface area contributed by atoms with Gasteiger partial charge in [-0.2, -0.15) is 0 Å². The molecule has 1 N–H and O–H groups in total. The fourth-order valence-electron chi connectivity index (χ4n) is 5.75. The Bertz CT molecular complexity index is 1860. The molecule has 2 bridgehead atoms. The maximum Gasteiger partial charge on any atom is 0.563 e. The van der Waals surface area contributed by atoms with Gasteiger partial charge in [0.25, 0.3) is 0 Å². The molecule has 4 aromatic rings. The Morgan fingerprint density at radius 3 is 2.15 bits per heavy atom. The van der Waals surface area contributed by atoms with Crippen molar-refractivity contribution in [2.45, 2.75) is 25.0 Å². The van der Waals surface area contributed by atoms with Gasteiger partial charge in [-0.15, -0.1) is 0 Å². The van der Waals surface area contributed by atoms with E-state index in [1.807, 2.05) is 54.6 Å². The van der Waals surface area contributed by atoms with Crippen molar-refractivity contribution >= 4 is 47.8 Å². The van der Waals surface area contributed by atoms with Crippen molar-refractivity contribution in [3.05, 3.63) is 130 Å². The molecule has 1 unspecified atom stereocenters. The van der Waals surface area contributed by atoms with Crippen LogP contribution in [0.25, 0.3) is 11.8 Å². The Hall–Kier alpha value is -4.95. The van der Waals surface area contributed by atoms with E-state index in [0.717, 1.165) is 5.46 Å². The minimum absolute atomic E-state index is 0.198. The van der Waals surface area contributed by atoms with Crippen LogP contribution in [0.4, 0.5) is 10.5 Å². The van der Waals surface area contributed by atoms with Crippen LogP contribution in [-0.2, 0) is 14.0 Å². The third-order valence-corrected chi connectivity index (χ3v) is 7.87. The first-order chi connectivity index (χ1) is 19.9. The Balaban J connectivity index is 1.33. The largest absolute Gasteiger partial charge is 0.563 e. The molecule has 7 nitrogen and oxygen atoms in total. The number of anilines is 1. The second-order valence-corrected chi connectivity index (χ2v) is 10.4. The Kier molecular flexibility index (Phi) is 5.87. The van der Waals surface area contributed by atoms with Crippen molar-refractivity contribution in [2.75, 3.05) is 5.32 Å². The van der Waals surface area contributed by atoms with Crippen LogP contribution >= 0.6 is 0 Å². The molecular weight excluding hydrogens is 517 g/mol. The van der Waals surface area contributed by atoms with Crippen molar-refractivity contribution in [3.63, 3.8) is 0 Å². The van der Waals surface area contributed by atoms with Crippen LogP contribution < -0.4 is 21.2 Å². The molecule has 1 fully saturated rings. The minimum atomic E-state index is -1.09. The third-order valence-electron chi connectivity index (χ3n) is 7.87. The first-order valence-electron chi connectivity index (χ1n) is 13.4. The zero-order chi connectivity index (χ0) is 28.1. The van der Waals surface area contributed by atoms with E-state index in [4.69, 9.17) is 14.0 Å². The van der Waals surface area contributed by atoms with Gasteiger partial charge in [-0.25, -0.2) is 4.79 Å². The number of benzene rings is 4. The molecule has 2 aliphatic carbocycles. The highest BCUT2D eigenvalue weighted by atomic mass is 16.6. The summed E-state index contributed by atoms with van der Waals surface area (Å²) in [5.74, 6) is 0.191. The maximum absolute atomic E-state index is 13.4. The number of ether oxygens (including phenoxy) is 1. The number of rotatable bonds is 4. The number of fused-ring (bicyclic) bond motifs is 5. The zero-order valence-corrected chi connectivity index (χ0v) is 22.1. The lowest BCUT2D eigenvalue weighted by Crippen LogP contribution is -2.60. The van der Waals surface area contributed by atoms with Gasteiger partial charge in [0.05, 0.1) is 5.76 Å². The lowest BCUT2D eigenvalue weighted by atomic mass is 9.72. The van der Waals surface area contributed by atoms with Crippen LogP contribution in [0.3, 0.4) is 0 Å². The van der Waals surface area contributed by atoms with E-state index in [9.17, 15) is 14.4 Å². The number of hydrogen-bond acceptors (Lipinski definition) is 6. The fourth-order valence-corrected chi connectivity index (χ4v) is 5.75. The van der Waals surface area contributed by atoms with Gasteiger partial charge in [0.1, 0.15) is 11.7 Å². The van der Waals surface area contributed by atoms with Crippen LogP contribution in [0.15, 0.2) is 97.1 Å². The smallest absolute Gasteiger partial charge is 0.535 e. The molecule has 2 atom stereocenters. The fraction of sp³-hybridized carbons (Fsp3) is 0.121. The number of ketones is 2. The first kappa shape index (κ1) is 25.1. The van der Waals surface area contributed by atoms with Crippen LogP contribution in [0.1, 0.15) is 45.2 Å². The summed E-state index contributed by atoms with van der Waals surface area (Å²) in [6.45, 7) is 1.78. The van der Waals surface area contributed by atoms with E-state index in [-0.39, 0.29) is 18.0 Å². The van der Waals surface area contributed by atoms with Gasteiger partial charge in [0.15, 0.2) is 11.6 Å². The van der Waals surface area contributed by atoms with Crippen molar-refractivity contribution in [3.8, 4) is 0 Å². The van der Waals surface area contributed by atoms with E-state index in [1.54, 1.807) is 55.5 Å². The summed E-state index contributed by atoms with van der Waals surface area (Å²) < 4.78 is 18.9. The molecule has 1 heterocycles. The molecule has 1 aliphatic heterocycles. The van der Waals surface area contributed by atoms with Crippen LogP contribution in [0, 0.1) is 0 Å². The van der Waals surface area contributed by atoms with Gasteiger partial charge in [-0.05, 0) is 47.9 Å². The van der Waals surface area contributed by atoms with Crippen LogP contribution in [0.5, 0.6) is 0 Å². The normalized spacial score (nSPS) is 19.1. The van der Waals surface area contributed by atoms with Gasteiger partial charge < -0.3 is 14.0 Å². The highest BCUT2D eigenvalue weighted by molar-refractivity contribution is 6.62. The standard InChI is InChI=1S/C33H24BNO6/c1-20(39-32(38)35-23-12-6-3-7-13-23)33-18-21-16-27-28(31(37)25-15-9-8-14-24(25)30(27)36)17-26(21)29(19-33)40-34(41-33)22-10-4-2-5-11-22/h2-18,20H,19H2,1H3,(H,35,38)/t20-,33?/m1/s1. The maximum atomic E-state index is 13.4. The van der Waals surface area contributed by atoms with E-state index in [1.165, 1.54) is 0 Å². The molecule has 0 spiro atoms. The Morgan fingerprint density at radius 2 is 1.46 bits per heavy atom. The molecule has 7 rings (SSSR count). The van der Waals surface area contributed by atoms with Crippen molar-refractivity contribution in [2.24, 2.45) is 0 Å². The SMILES string of the molecule is C[C@@H](OC(=O)Nc1ccccc1)C12C=c3cc4c(cc3=C(C1)OB(c1ccccc1)O2)C(=O)c1ccccc1C4=O. The van der Waals surface area contributed by atoms with Crippen molar-refractivity contribution < 1.29 is 28.4 Å². The predicted octanol–water partition coefficient (Wildman–Crippen LogP) is 3.57. The molecule has 8 heteroatoms. The van der Waals surface area contributed by atoms with Gasteiger partial charge >= 0.3 is 13.2 Å². The van der Waals surface area contributed by atoms with E-state index in [0.29, 0.717) is 44.1 Å². The molecule has 4 aromatic carbocycles. The highest BCUT2D eigenvalue weighted by Crippen LogP contribution is 2.37. The highest BCUT2D eigenvalue weighted by Gasteiger charge is 2.50. The molecule has 0 aromatic heterocycles. The van der Waals surface area contributed by atoms with Crippen LogP contribution in [-0.4, -0.2) is 36.5 Å². The number of nitrogens with one attached hydrogen (secondary N) is 1. The number of para-hydroxylation sites is 1. The van der Waals surface area contributed by atoms with Gasteiger partial charge in [-0.1, -0.05) is 72.8 Å². The number of carbonyl (C=O) groups is 3. The molecule has 3 aliphatic rings. The van der Waals surface area contributed by atoms with E-state index < -0.39 is 24.9 Å². The molecule has 1 saturated heterocycles. The Morgan fingerprint density at radius 1 is 0.854 bits per heavy atom. The monoisotopic (exact) mass is 541 g/mol. The number of hydrogen-bond donors (Lipinski definition) is 1. The number of amides is 1. The van der Waals surface area contributed by atoms with E-state index >= 15 is 0 Å². The summed E-state index contributed by atoms with van der Waals surface area (Å²) in [5, 5.41) is 4.14. The predicted molar refractivity (Wildman–Crippen MR) is 154 cm³/mol. The first-order valence-corrected chi connectivity index (χ1v) is 13.4. The molecule has 0 saturated carbocycles. The van der Waals surface area contributed by atoms with Gasteiger partial charge in [0.2, 0.25) is 0 Å². The summed E-state index contributed by atoms with van der Waals surface area (Å²) in [4.78, 5) is 39.8. The summed E-state index contributed by atoms with van der Waals surface area (Å²) >= 11 is 0. The molecule has 0 radical (unpaired) electrons. The number of carbonyl (C=O) groups excluding carboxylic acids is 3. The molecular formula is C33H24BNO6. The lowest BCUT2D eigenvalue weighted by Gasteiger charge is -2.44. The summed E-state index contributed by atoms with van der Waals surface area (Å²) in [7, 11) is -0.776. The topological polar surface area (TPSA) is 90.9 Å². The summed E-state index contributed by atoms with van der Waals surface area (Å²) in [6, 6.07) is 28.9. The third kappa shape index (κ3) is 4.24. The molecule has 200 valence electrons. The average Bonchev–Trinajstić information content (AvgIpc) is 3.00. The van der Waals surface area contributed by atoms with Gasteiger partial charge in [-0.3, -0.25) is 14.9 Å². The average molecular weight is 541 g/mol. The molecule has 41 heavy (non-hydrogen) atoms. The summed E-state index contributed by atoms with van der Waals surface area (Å²) in [5.41, 5.74) is 1.76. The van der Waals surface area contributed by atoms with Gasteiger partial charge in [0, 0.05) is 39.6 Å². The quantitative estimate of drug-likeness (QED) is 0.350. The zero-order valence-electron chi connectivity index (χ0n) is 22.1. The van der Waals surface area contributed by atoms with Crippen molar-refractivity contribution in [1.29, 1.82) is 0 Å². The van der Waals surface area contributed by atoms with E-state index in [2.05, 4.69) is 5.32 Å². The van der Waals surface area contributed by atoms with Crippen LogP contribution in [0.2, 0.25) is 0 Å². The van der Waals surface area contributed by atoms with Crippen molar-refractivity contribution in [1.82, 2.24) is 0 Å². The minimum Gasteiger partial charge on any atom is -0.535 e. The molecule has 1 amide bonds. The lowest BCUT2D eigenvalue weighted by molar-refractivity contribution is -0.0288. The second-order valence-electron chi connectivity index (χ2n) is 10.4. The second kappa shape index (κ2) is 9.61.